The highest BCUT2D eigenvalue weighted by atomic mass is 79.9. The number of nitrogens with one attached hydrogen (secondary N) is 1. The Hall–Kier alpha value is -0.870. The molecule has 0 aromatic heterocycles. The Morgan fingerprint density at radius 3 is 2.73 bits per heavy atom. The van der Waals surface area contributed by atoms with Gasteiger partial charge in [-0.1, -0.05) is 15.9 Å². The minimum Gasteiger partial charge on any atom is -0.368 e. The van der Waals surface area contributed by atoms with Crippen molar-refractivity contribution in [1.82, 2.24) is 0 Å². The third-order valence-corrected chi connectivity index (χ3v) is 2.86. The van der Waals surface area contributed by atoms with Crippen molar-refractivity contribution < 1.29 is 9.53 Å². The quantitative estimate of drug-likeness (QED) is 0.896. The fourth-order valence-electron chi connectivity index (χ4n) is 1.54. The van der Waals surface area contributed by atoms with Gasteiger partial charge in [0.15, 0.2) is 0 Å². The van der Waals surface area contributed by atoms with Crippen LogP contribution >= 0.6 is 15.9 Å². The maximum Gasteiger partial charge on any atom is 0.253 e. The van der Waals surface area contributed by atoms with Crippen LogP contribution < -0.4 is 5.32 Å². The molecule has 0 radical (unpaired) electrons. The van der Waals surface area contributed by atoms with Gasteiger partial charge in [0.2, 0.25) is 0 Å². The predicted octanol–water partition coefficient (Wildman–Crippen LogP) is 2.57. The molecule has 1 atom stereocenters. The third kappa shape index (κ3) is 2.79. The van der Waals surface area contributed by atoms with Crippen LogP contribution in [0.1, 0.15) is 12.8 Å². The lowest BCUT2D eigenvalue weighted by molar-refractivity contribution is -0.124. The highest BCUT2D eigenvalue weighted by molar-refractivity contribution is 9.10. The molecule has 1 aliphatic rings. The topological polar surface area (TPSA) is 38.3 Å². The Labute approximate surface area is 96.9 Å². The molecule has 1 aromatic carbocycles. The maximum absolute atomic E-state index is 11.7. The van der Waals surface area contributed by atoms with Gasteiger partial charge in [-0.3, -0.25) is 4.79 Å². The number of carbonyl (C=O) groups is 1. The molecule has 1 heterocycles. The van der Waals surface area contributed by atoms with E-state index in [1.807, 2.05) is 24.3 Å². The van der Waals surface area contributed by atoms with E-state index in [0.717, 1.165) is 23.0 Å². The lowest BCUT2D eigenvalue weighted by Crippen LogP contribution is -2.26. The second-order valence-corrected chi connectivity index (χ2v) is 4.41. The smallest absolute Gasteiger partial charge is 0.253 e. The number of halogens is 1. The van der Waals surface area contributed by atoms with Crippen molar-refractivity contribution in [2.24, 2.45) is 0 Å². The van der Waals surface area contributed by atoms with E-state index in [4.69, 9.17) is 4.74 Å². The number of anilines is 1. The molecule has 4 heteroatoms. The second kappa shape index (κ2) is 4.77. The summed E-state index contributed by atoms with van der Waals surface area (Å²) in [6.45, 7) is 0.693. The molecular weight excluding hydrogens is 258 g/mol. The summed E-state index contributed by atoms with van der Waals surface area (Å²) in [5, 5.41) is 2.83. The molecule has 1 aromatic rings. The van der Waals surface area contributed by atoms with Gasteiger partial charge in [0.05, 0.1) is 0 Å². The first kappa shape index (κ1) is 10.6. The molecule has 1 saturated heterocycles. The fraction of sp³-hybridized carbons (Fsp3) is 0.364. The Kier molecular flexibility index (Phi) is 3.38. The van der Waals surface area contributed by atoms with Crippen molar-refractivity contribution in [3.8, 4) is 0 Å². The fourth-order valence-corrected chi connectivity index (χ4v) is 1.80. The van der Waals surface area contributed by atoms with Crippen molar-refractivity contribution in [3.05, 3.63) is 28.7 Å². The largest absolute Gasteiger partial charge is 0.368 e. The lowest BCUT2D eigenvalue weighted by Gasteiger charge is -2.10. The first-order valence-corrected chi connectivity index (χ1v) is 5.73. The monoisotopic (exact) mass is 269 g/mol. The molecular formula is C11H12BrNO2. The van der Waals surface area contributed by atoms with Crippen LogP contribution in [0.15, 0.2) is 28.7 Å². The summed E-state index contributed by atoms with van der Waals surface area (Å²) in [5.74, 6) is -0.0465. The molecule has 1 N–H and O–H groups in total. The molecule has 1 fully saturated rings. The van der Waals surface area contributed by atoms with E-state index in [2.05, 4.69) is 21.2 Å². The van der Waals surface area contributed by atoms with Crippen LogP contribution in [0.5, 0.6) is 0 Å². The van der Waals surface area contributed by atoms with Gasteiger partial charge in [-0.2, -0.15) is 0 Å². The summed E-state index contributed by atoms with van der Waals surface area (Å²) in [5.41, 5.74) is 0.804. The van der Waals surface area contributed by atoms with Crippen LogP contribution in [-0.4, -0.2) is 18.6 Å². The van der Waals surface area contributed by atoms with Gasteiger partial charge in [-0.25, -0.2) is 0 Å². The molecule has 15 heavy (non-hydrogen) atoms. The van der Waals surface area contributed by atoms with E-state index in [9.17, 15) is 4.79 Å². The first-order valence-electron chi connectivity index (χ1n) is 4.94. The average molecular weight is 270 g/mol. The number of carbonyl (C=O) groups excluding carboxylic acids is 1. The number of hydrogen-bond donors (Lipinski definition) is 1. The standard InChI is InChI=1S/C11H12BrNO2/c12-8-3-5-9(6-4-8)13-11(14)10-2-1-7-15-10/h3-6,10H,1-2,7H2,(H,13,14)/t10-/m0/s1. The molecule has 0 aliphatic carbocycles. The van der Waals surface area contributed by atoms with Crippen molar-refractivity contribution in [2.45, 2.75) is 18.9 Å². The van der Waals surface area contributed by atoms with Crippen LogP contribution in [0.4, 0.5) is 5.69 Å². The average Bonchev–Trinajstić information content (AvgIpc) is 2.74. The highest BCUT2D eigenvalue weighted by Crippen LogP contribution is 2.17. The van der Waals surface area contributed by atoms with Crippen molar-refractivity contribution in [3.63, 3.8) is 0 Å². The highest BCUT2D eigenvalue weighted by Gasteiger charge is 2.23. The van der Waals surface area contributed by atoms with Gasteiger partial charge >= 0.3 is 0 Å². The van der Waals surface area contributed by atoms with Crippen LogP contribution in [0.3, 0.4) is 0 Å². The Bertz CT molecular complexity index is 344. The number of rotatable bonds is 2. The Balaban J connectivity index is 1.96. The zero-order chi connectivity index (χ0) is 10.7. The van der Waals surface area contributed by atoms with Crippen LogP contribution in [0.25, 0.3) is 0 Å². The van der Waals surface area contributed by atoms with Crippen molar-refractivity contribution in [1.29, 1.82) is 0 Å². The summed E-state index contributed by atoms with van der Waals surface area (Å²) in [4.78, 5) is 11.7. The normalized spacial score (nSPS) is 20.2. The number of ether oxygens (including phenoxy) is 1. The predicted molar refractivity (Wildman–Crippen MR) is 61.7 cm³/mol. The first-order chi connectivity index (χ1) is 7.25. The van der Waals surface area contributed by atoms with E-state index < -0.39 is 0 Å². The minimum atomic E-state index is -0.270. The molecule has 2 rings (SSSR count). The number of hydrogen-bond acceptors (Lipinski definition) is 2. The molecule has 0 spiro atoms. The molecule has 1 aliphatic heterocycles. The SMILES string of the molecule is O=C(Nc1ccc(Br)cc1)[C@@H]1CCCO1. The number of benzene rings is 1. The van der Waals surface area contributed by atoms with Gasteiger partial charge < -0.3 is 10.1 Å². The van der Waals surface area contributed by atoms with Gasteiger partial charge in [-0.05, 0) is 37.1 Å². The number of amides is 1. The van der Waals surface area contributed by atoms with E-state index in [0.29, 0.717) is 6.61 Å². The lowest BCUT2D eigenvalue weighted by atomic mass is 10.2. The van der Waals surface area contributed by atoms with Crippen LogP contribution in [0, 0.1) is 0 Å². The van der Waals surface area contributed by atoms with Crippen LogP contribution in [0.2, 0.25) is 0 Å². The summed E-state index contributed by atoms with van der Waals surface area (Å²) in [7, 11) is 0. The minimum absolute atomic E-state index is 0.0465. The molecule has 0 unspecified atom stereocenters. The van der Waals surface area contributed by atoms with E-state index in [-0.39, 0.29) is 12.0 Å². The molecule has 0 bridgehead atoms. The Morgan fingerprint density at radius 2 is 2.13 bits per heavy atom. The summed E-state index contributed by atoms with van der Waals surface area (Å²) in [6.07, 6.45) is 1.52. The third-order valence-electron chi connectivity index (χ3n) is 2.33. The summed E-state index contributed by atoms with van der Waals surface area (Å²) >= 11 is 3.34. The summed E-state index contributed by atoms with van der Waals surface area (Å²) in [6, 6.07) is 7.50. The van der Waals surface area contributed by atoms with E-state index in [1.54, 1.807) is 0 Å². The zero-order valence-corrected chi connectivity index (χ0v) is 9.79. The van der Waals surface area contributed by atoms with Gasteiger partial charge in [0.25, 0.3) is 5.91 Å². The molecule has 0 saturated carbocycles. The maximum atomic E-state index is 11.7. The molecule has 80 valence electrons. The van der Waals surface area contributed by atoms with Gasteiger partial charge in [-0.15, -0.1) is 0 Å². The van der Waals surface area contributed by atoms with Crippen LogP contribution in [-0.2, 0) is 9.53 Å². The second-order valence-electron chi connectivity index (χ2n) is 3.50. The molecule has 3 nitrogen and oxygen atoms in total. The summed E-state index contributed by atoms with van der Waals surface area (Å²) < 4.78 is 6.29. The van der Waals surface area contributed by atoms with Gasteiger partial charge in [0.1, 0.15) is 6.10 Å². The zero-order valence-electron chi connectivity index (χ0n) is 8.20. The van der Waals surface area contributed by atoms with E-state index in [1.165, 1.54) is 0 Å². The van der Waals surface area contributed by atoms with Crippen molar-refractivity contribution >= 4 is 27.5 Å². The Morgan fingerprint density at radius 1 is 1.40 bits per heavy atom. The molecule has 1 amide bonds. The van der Waals surface area contributed by atoms with Crippen molar-refractivity contribution in [2.75, 3.05) is 11.9 Å². The van der Waals surface area contributed by atoms with E-state index >= 15 is 0 Å². The van der Waals surface area contributed by atoms with Gasteiger partial charge in [0, 0.05) is 16.8 Å².